The Labute approximate surface area is 103 Å². The third-order valence-corrected chi connectivity index (χ3v) is 3.18. The van der Waals surface area contributed by atoms with Crippen molar-refractivity contribution in [1.29, 1.82) is 0 Å². The highest BCUT2D eigenvalue weighted by molar-refractivity contribution is 14.1. The number of hydrogen-bond donors (Lipinski definition) is 2. The molecule has 0 aliphatic heterocycles. The van der Waals surface area contributed by atoms with Crippen molar-refractivity contribution in [1.82, 2.24) is 0 Å². The molecule has 15 heavy (non-hydrogen) atoms. The van der Waals surface area contributed by atoms with Crippen LogP contribution in [0.5, 0.6) is 0 Å². The topological polar surface area (TPSA) is 49.7 Å². The van der Waals surface area contributed by atoms with Crippen molar-refractivity contribution in [3.63, 3.8) is 0 Å². The molecule has 0 amide bonds. The van der Waals surface area contributed by atoms with Gasteiger partial charge in [0.1, 0.15) is 0 Å². The fourth-order valence-electron chi connectivity index (χ4n) is 1.09. The third kappa shape index (κ3) is 4.92. The molecule has 0 aromatic heterocycles. The molecule has 0 spiro atoms. The molecule has 2 atom stereocenters. The van der Waals surface area contributed by atoms with Crippen LogP contribution in [0.4, 0.5) is 0 Å². The number of benzene rings is 1. The van der Waals surface area contributed by atoms with E-state index in [1.54, 1.807) is 0 Å². The molecule has 0 saturated carbocycles. The molecule has 0 fully saturated rings. The van der Waals surface area contributed by atoms with Crippen LogP contribution < -0.4 is 0 Å². The van der Waals surface area contributed by atoms with Crippen LogP contribution in [0.25, 0.3) is 0 Å². The summed E-state index contributed by atoms with van der Waals surface area (Å²) in [5.41, 5.74) is 1.11. The Morgan fingerprint density at radius 2 is 1.93 bits per heavy atom. The third-order valence-electron chi connectivity index (χ3n) is 1.99. The molecule has 3 nitrogen and oxygen atoms in total. The summed E-state index contributed by atoms with van der Waals surface area (Å²) in [6, 6.07) is 9.86. The fourth-order valence-corrected chi connectivity index (χ4v) is 1.57. The minimum atomic E-state index is -0.707. The highest BCUT2D eigenvalue weighted by Gasteiger charge is 2.14. The molecule has 0 radical (unpaired) electrons. The van der Waals surface area contributed by atoms with Gasteiger partial charge in [0, 0.05) is 0 Å². The van der Waals surface area contributed by atoms with E-state index in [9.17, 15) is 5.11 Å². The Bertz CT molecular complexity index is 266. The second-order valence-corrected chi connectivity index (χ2v) is 4.87. The van der Waals surface area contributed by atoms with Crippen LogP contribution >= 0.6 is 22.6 Å². The van der Waals surface area contributed by atoms with Gasteiger partial charge < -0.3 is 14.9 Å². The maximum Gasteiger partial charge on any atom is 0.0910 e. The fraction of sp³-hybridized carbons (Fsp3) is 0.455. The van der Waals surface area contributed by atoms with Crippen molar-refractivity contribution < 1.29 is 14.9 Å². The lowest BCUT2D eigenvalue weighted by atomic mass is 10.2. The van der Waals surface area contributed by atoms with Crippen LogP contribution in [0.3, 0.4) is 0 Å². The molecule has 0 saturated heterocycles. The number of halogens is 1. The first-order chi connectivity index (χ1) is 7.24. The second-order valence-electron chi connectivity index (χ2n) is 3.27. The monoisotopic (exact) mass is 322 g/mol. The Balaban J connectivity index is 2.22. The van der Waals surface area contributed by atoms with E-state index in [-0.39, 0.29) is 10.5 Å². The van der Waals surface area contributed by atoms with Crippen LogP contribution in [0, 0.1) is 0 Å². The van der Waals surface area contributed by atoms with Crippen molar-refractivity contribution in [2.45, 2.75) is 16.6 Å². The highest BCUT2D eigenvalue weighted by Crippen LogP contribution is 2.08. The van der Waals surface area contributed by atoms with Gasteiger partial charge >= 0.3 is 0 Å². The van der Waals surface area contributed by atoms with Gasteiger partial charge in [-0.3, -0.25) is 0 Å². The predicted octanol–water partition coefficient (Wildman–Crippen LogP) is 1.36. The zero-order chi connectivity index (χ0) is 11.1. The van der Waals surface area contributed by atoms with Crippen LogP contribution in [-0.4, -0.2) is 33.5 Å². The van der Waals surface area contributed by atoms with E-state index in [0.717, 1.165) is 5.56 Å². The summed E-state index contributed by atoms with van der Waals surface area (Å²) in [7, 11) is 0. The van der Waals surface area contributed by atoms with E-state index in [2.05, 4.69) is 22.6 Å². The van der Waals surface area contributed by atoms with Gasteiger partial charge in [-0.15, -0.1) is 0 Å². The quantitative estimate of drug-likeness (QED) is 0.614. The average molecular weight is 322 g/mol. The van der Waals surface area contributed by atoms with Gasteiger partial charge in [0.2, 0.25) is 0 Å². The van der Waals surface area contributed by atoms with Crippen molar-refractivity contribution >= 4 is 22.6 Å². The molecule has 84 valence electrons. The van der Waals surface area contributed by atoms with E-state index in [1.165, 1.54) is 0 Å². The van der Waals surface area contributed by atoms with Crippen molar-refractivity contribution in [3.8, 4) is 0 Å². The van der Waals surface area contributed by atoms with Crippen LogP contribution in [0.2, 0.25) is 0 Å². The van der Waals surface area contributed by atoms with Gasteiger partial charge in [-0.1, -0.05) is 52.9 Å². The Hall–Kier alpha value is -0.170. The summed E-state index contributed by atoms with van der Waals surface area (Å²) in [5.74, 6) is 0. The van der Waals surface area contributed by atoms with Gasteiger partial charge in [-0.05, 0) is 5.56 Å². The molecule has 0 unspecified atom stereocenters. The average Bonchev–Trinajstić information content (AvgIpc) is 2.29. The minimum Gasteiger partial charge on any atom is -0.394 e. The first-order valence-electron chi connectivity index (χ1n) is 4.78. The smallest absolute Gasteiger partial charge is 0.0910 e. The van der Waals surface area contributed by atoms with E-state index in [0.29, 0.717) is 13.2 Å². The van der Waals surface area contributed by atoms with E-state index >= 15 is 0 Å². The first-order valence-corrected chi connectivity index (χ1v) is 6.03. The number of hydrogen-bond acceptors (Lipinski definition) is 3. The van der Waals surface area contributed by atoms with Crippen molar-refractivity contribution in [3.05, 3.63) is 35.9 Å². The van der Waals surface area contributed by atoms with Crippen LogP contribution in [0.1, 0.15) is 5.56 Å². The number of aliphatic hydroxyl groups is 2. The SMILES string of the molecule is OC[C@H](O)[C@@H](I)COCc1ccccc1. The molecular formula is C11H15IO3. The number of aliphatic hydroxyl groups excluding tert-OH is 2. The molecule has 0 heterocycles. The normalized spacial score (nSPS) is 14.9. The highest BCUT2D eigenvalue weighted by atomic mass is 127. The van der Waals surface area contributed by atoms with Crippen molar-refractivity contribution in [2.75, 3.05) is 13.2 Å². The number of alkyl halides is 1. The molecule has 1 aromatic carbocycles. The Morgan fingerprint density at radius 3 is 2.53 bits per heavy atom. The van der Waals surface area contributed by atoms with Crippen LogP contribution in [0.15, 0.2) is 30.3 Å². The van der Waals surface area contributed by atoms with Gasteiger partial charge in [-0.2, -0.15) is 0 Å². The van der Waals surface area contributed by atoms with E-state index in [1.807, 2.05) is 30.3 Å². The summed E-state index contributed by atoms with van der Waals surface area (Å²) in [5, 5.41) is 18.0. The minimum absolute atomic E-state index is 0.0729. The summed E-state index contributed by atoms with van der Waals surface area (Å²) < 4.78 is 5.35. The van der Waals surface area contributed by atoms with Gasteiger partial charge in [-0.25, -0.2) is 0 Å². The maximum atomic E-state index is 9.29. The maximum absolute atomic E-state index is 9.29. The lowest BCUT2D eigenvalue weighted by Gasteiger charge is -2.14. The van der Waals surface area contributed by atoms with Crippen LogP contribution in [-0.2, 0) is 11.3 Å². The molecule has 0 bridgehead atoms. The first kappa shape index (κ1) is 12.9. The molecule has 0 aliphatic rings. The molecular weight excluding hydrogens is 307 g/mol. The number of rotatable bonds is 6. The molecule has 4 heteroatoms. The lowest BCUT2D eigenvalue weighted by molar-refractivity contribution is 0.0538. The zero-order valence-corrected chi connectivity index (χ0v) is 10.5. The van der Waals surface area contributed by atoms with E-state index < -0.39 is 6.10 Å². The van der Waals surface area contributed by atoms with Gasteiger partial charge in [0.25, 0.3) is 0 Å². The van der Waals surface area contributed by atoms with Gasteiger partial charge in [0.15, 0.2) is 0 Å². The summed E-state index contributed by atoms with van der Waals surface area (Å²) in [6.45, 7) is 0.762. The van der Waals surface area contributed by atoms with E-state index in [4.69, 9.17) is 9.84 Å². The number of ether oxygens (including phenoxy) is 1. The molecule has 0 aliphatic carbocycles. The standard InChI is InChI=1S/C11H15IO3/c12-10(11(14)6-13)8-15-7-9-4-2-1-3-5-9/h1-5,10-11,13-14H,6-8H2/t10-,11-/m0/s1. The zero-order valence-electron chi connectivity index (χ0n) is 8.34. The second kappa shape index (κ2) is 7.16. The Morgan fingerprint density at radius 1 is 1.27 bits per heavy atom. The summed E-state index contributed by atoms with van der Waals surface area (Å²) in [4.78, 5) is 0. The predicted molar refractivity (Wildman–Crippen MR) is 67.0 cm³/mol. The molecule has 1 rings (SSSR count). The Kier molecular flexibility index (Phi) is 6.16. The summed E-state index contributed by atoms with van der Waals surface area (Å²) >= 11 is 2.08. The molecule has 2 N–H and O–H groups in total. The summed E-state index contributed by atoms with van der Waals surface area (Å²) in [6.07, 6.45) is -0.707. The lowest BCUT2D eigenvalue weighted by Crippen LogP contribution is -2.28. The van der Waals surface area contributed by atoms with Gasteiger partial charge in [0.05, 0.1) is 29.8 Å². The molecule has 1 aromatic rings. The van der Waals surface area contributed by atoms with Crippen molar-refractivity contribution in [2.24, 2.45) is 0 Å². The largest absolute Gasteiger partial charge is 0.394 e.